The van der Waals surface area contributed by atoms with Gasteiger partial charge in [-0.1, -0.05) is 58.8 Å². The lowest BCUT2D eigenvalue weighted by atomic mass is 10.0. The van der Waals surface area contributed by atoms with E-state index in [0.29, 0.717) is 0 Å². The van der Waals surface area contributed by atoms with Crippen LogP contribution in [-0.2, 0) is 0 Å². The first-order valence-electron chi connectivity index (χ1n) is 8.08. The van der Waals surface area contributed by atoms with Crippen molar-refractivity contribution in [3.63, 3.8) is 0 Å². The summed E-state index contributed by atoms with van der Waals surface area (Å²) in [6, 6.07) is 0.730. The molecule has 0 aliphatic carbocycles. The quantitative estimate of drug-likeness (QED) is 0.500. The summed E-state index contributed by atoms with van der Waals surface area (Å²) in [7, 11) is 4.33. The van der Waals surface area contributed by atoms with Crippen molar-refractivity contribution in [1.29, 1.82) is 0 Å². The molecule has 2 nitrogen and oxygen atoms in total. The second-order valence-corrected chi connectivity index (χ2v) is 5.76. The fraction of sp³-hybridized carbons (Fsp3) is 1.00. The third-order valence-corrected chi connectivity index (χ3v) is 3.57. The number of nitrogens with zero attached hydrogens (tertiary/aromatic N) is 1. The van der Waals surface area contributed by atoms with E-state index in [4.69, 9.17) is 0 Å². The smallest absolute Gasteiger partial charge is 0.00791 e. The summed E-state index contributed by atoms with van der Waals surface area (Å²) in [6.45, 7) is 6.81. The Morgan fingerprint density at radius 1 is 0.833 bits per heavy atom. The first-order chi connectivity index (χ1) is 8.70. The largest absolute Gasteiger partial charge is 0.314 e. The van der Waals surface area contributed by atoms with Crippen LogP contribution in [0.25, 0.3) is 0 Å². The maximum atomic E-state index is 3.62. The minimum Gasteiger partial charge on any atom is -0.314 e. The number of rotatable bonds is 13. The summed E-state index contributed by atoms with van der Waals surface area (Å²) in [5.41, 5.74) is 0. The molecule has 0 saturated carbocycles. The van der Waals surface area contributed by atoms with Crippen molar-refractivity contribution in [2.75, 3.05) is 27.2 Å². The zero-order valence-corrected chi connectivity index (χ0v) is 13.3. The zero-order valence-electron chi connectivity index (χ0n) is 13.3. The van der Waals surface area contributed by atoms with Gasteiger partial charge >= 0.3 is 0 Å². The number of nitrogens with one attached hydrogen (secondary N) is 1. The topological polar surface area (TPSA) is 15.3 Å². The SMILES string of the molecule is CCCCCCCCCC(CCN(C)C)NCC. The normalized spacial score (nSPS) is 13.2. The van der Waals surface area contributed by atoms with Crippen molar-refractivity contribution >= 4 is 0 Å². The first kappa shape index (κ1) is 17.9. The van der Waals surface area contributed by atoms with E-state index in [1.54, 1.807) is 0 Å². The van der Waals surface area contributed by atoms with Gasteiger partial charge < -0.3 is 10.2 Å². The molecule has 1 unspecified atom stereocenters. The Hall–Kier alpha value is -0.0800. The van der Waals surface area contributed by atoms with E-state index >= 15 is 0 Å². The number of hydrogen-bond acceptors (Lipinski definition) is 2. The van der Waals surface area contributed by atoms with Gasteiger partial charge in [0.15, 0.2) is 0 Å². The molecule has 0 aromatic carbocycles. The van der Waals surface area contributed by atoms with Crippen molar-refractivity contribution in [3.05, 3.63) is 0 Å². The number of unbranched alkanes of at least 4 members (excludes halogenated alkanes) is 6. The summed E-state index contributed by atoms with van der Waals surface area (Å²) in [4.78, 5) is 2.29. The van der Waals surface area contributed by atoms with Crippen LogP contribution in [0.1, 0.15) is 71.6 Å². The number of hydrogen-bond donors (Lipinski definition) is 1. The molecule has 0 fully saturated rings. The van der Waals surface area contributed by atoms with Crippen LogP contribution in [0.3, 0.4) is 0 Å². The van der Waals surface area contributed by atoms with Gasteiger partial charge in [0.1, 0.15) is 0 Å². The van der Waals surface area contributed by atoms with E-state index in [1.807, 2.05) is 0 Å². The molecule has 0 aromatic rings. The second kappa shape index (κ2) is 13.4. The van der Waals surface area contributed by atoms with Gasteiger partial charge in [-0.25, -0.2) is 0 Å². The van der Waals surface area contributed by atoms with E-state index in [9.17, 15) is 0 Å². The molecule has 0 amide bonds. The van der Waals surface area contributed by atoms with Gasteiger partial charge in [0.25, 0.3) is 0 Å². The predicted molar refractivity (Wildman–Crippen MR) is 83.2 cm³/mol. The summed E-state index contributed by atoms with van der Waals surface area (Å²) in [6.07, 6.45) is 12.6. The fourth-order valence-corrected chi connectivity index (χ4v) is 2.40. The Morgan fingerprint density at radius 3 is 2.00 bits per heavy atom. The molecule has 0 bridgehead atoms. The Morgan fingerprint density at radius 2 is 1.44 bits per heavy atom. The summed E-state index contributed by atoms with van der Waals surface area (Å²) >= 11 is 0. The molecule has 1 atom stereocenters. The van der Waals surface area contributed by atoms with Gasteiger partial charge in [0.2, 0.25) is 0 Å². The van der Waals surface area contributed by atoms with Crippen molar-refractivity contribution in [1.82, 2.24) is 10.2 Å². The molecular formula is C16H36N2. The third-order valence-electron chi connectivity index (χ3n) is 3.57. The molecule has 0 spiro atoms. The van der Waals surface area contributed by atoms with E-state index in [1.165, 1.54) is 64.3 Å². The average molecular weight is 256 g/mol. The highest BCUT2D eigenvalue weighted by atomic mass is 15.1. The standard InChI is InChI=1S/C16H36N2/c1-5-7-8-9-10-11-12-13-16(17-6-2)14-15-18(3)4/h16-17H,5-15H2,1-4H3. The second-order valence-electron chi connectivity index (χ2n) is 5.76. The summed E-state index contributed by atoms with van der Waals surface area (Å²) < 4.78 is 0. The first-order valence-corrected chi connectivity index (χ1v) is 8.08. The van der Waals surface area contributed by atoms with Gasteiger partial charge in [-0.15, -0.1) is 0 Å². The van der Waals surface area contributed by atoms with Crippen molar-refractivity contribution in [2.24, 2.45) is 0 Å². The molecule has 0 aliphatic heterocycles. The van der Waals surface area contributed by atoms with Crippen LogP contribution >= 0.6 is 0 Å². The molecule has 1 N–H and O–H groups in total. The fourth-order valence-electron chi connectivity index (χ4n) is 2.40. The van der Waals surface area contributed by atoms with Crippen LogP contribution in [0.15, 0.2) is 0 Å². The van der Waals surface area contributed by atoms with E-state index in [2.05, 4.69) is 38.2 Å². The Kier molecular flexibility index (Phi) is 13.3. The van der Waals surface area contributed by atoms with Crippen LogP contribution in [0, 0.1) is 0 Å². The van der Waals surface area contributed by atoms with Crippen molar-refractivity contribution in [2.45, 2.75) is 77.7 Å². The van der Waals surface area contributed by atoms with E-state index < -0.39 is 0 Å². The van der Waals surface area contributed by atoms with Crippen LogP contribution in [0.2, 0.25) is 0 Å². The van der Waals surface area contributed by atoms with Gasteiger partial charge in [-0.3, -0.25) is 0 Å². The zero-order chi connectivity index (χ0) is 13.6. The molecule has 0 aliphatic rings. The molecule has 0 rings (SSSR count). The Bertz CT molecular complexity index is 157. The van der Waals surface area contributed by atoms with Gasteiger partial charge in [-0.2, -0.15) is 0 Å². The molecule has 110 valence electrons. The molecule has 18 heavy (non-hydrogen) atoms. The van der Waals surface area contributed by atoms with Gasteiger partial charge in [-0.05, 0) is 40.0 Å². The lowest BCUT2D eigenvalue weighted by Gasteiger charge is -2.20. The Labute approximate surface area is 116 Å². The molecule has 2 heteroatoms. The van der Waals surface area contributed by atoms with Gasteiger partial charge in [0, 0.05) is 6.04 Å². The van der Waals surface area contributed by atoms with Crippen LogP contribution in [0.5, 0.6) is 0 Å². The van der Waals surface area contributed by atoms with Crippen LogP contribution < -0.4 is 5.32 Å². The summed E-state index contributed by atoms with van der Waals surface area (Å²) in [5, 5.41) is 3.62. The van der Waals surface area contributed by atoms with Crippen LogP contribution in [0.4, 0.5) is 0 Å². The molecule has 0 heterocycles. The molecular weight excluding hydrogens is 220 g/mol. The Balaban J connectivity index is 3.45. The minimum absolute atomic E-state index is 0.730. The average Bonchev–Trinajstić information content (AvgIpc) is 2.34. The lowest BCUT2D eigenvalue weighted by molar-refractivity contribution is 0.346. The molecule has 0 radical (unpaired) electrons. The third kappa shape index (κ3) is 12.4. The highest BCUT2D eigenvalue weighted by Crippen LogP contribution is 2.11. The maximum absolute atomic E-state index is 3.62. The van der Waals surface area contributed by atoms with E-state index in [0.717, 1.165) is 12.6 Å². The predicted octanol–water partition coefficient (Wildman–Crippen LogP) is 4.06. The van der Waals surface area contributed by atoms with Crippen molar-refractivity contribution in [3.8, 4) is 0 Å². The van der Waals surface area contributed by atoms with Crippen molar-refractivity contribution < 1.29 is 0 Å². The highest BCUT2D eigenvalue weighted by Gasteiger charge is 2.07. The van der Waals surface area contributed by atoms with Gasteiger partial charge in [0.05, 0.1) is 0 Å². The van der Waals surface area contributed by atoms with E-state index in [-0.39, 0.29) is 0 Å². The highest BCUT2D eigenvalue weighted by molar-refractivity contribution is 4.67. The lowest BCUT2D eigenvalue weighted by Crippen LogP contribution is -2.32. The molecule has 0 saturated heterocycles. The maximum Gasteiger partial charge on any atom is 0.00791 e. The van der Waals surface area contributed by atoms with Crippen LogP contribution in [-0.4, -0.2) is 38.1 Å². The monoisotopic (exact) mass is 256 g/mol. The minimum atomic E-state index is 0.730. The molecule has 0 aromatic heterocycles. The summed E-state index contributed by atoms with van der Waals surface area (Å²) in [5.74, 6) is 0.